The normalized spacial score (nSPS) is 15.1. The summed E-state index contributed by atoms with van der Waals surface area (Å²) in [6.45, 7) is 0. The molecule has 2 heteroatoms. The van der Waals surface area contributed by atoms with Gasteiger partial charge >= 0.3 is 0 Å². The van der Waals surface area contributed by atoms with Gasteiger partial charge in [-0.15, -0.1) is 0 Å². The molecule has 0 amide bonds. The predicted octanol–water partition coefficient (Wildman–Crippen LogP) is 17.8. The molecule has 316 valence electrons. The smallest absolute Gasteiger partial charge is 0.135 e. The van der Waals surface area contributed by atoms with E-state index >= 15 is 0 Å². The van der Waals surface area contributed by atoms with Crippen molar-refractivity contribution in [3.05, 3.63) is 271 Å². The van der Waals surface area contributed by atoms with Gasteiger partial charge in [0, 0.05) is 27.7 Å². The van der Waals surface area contributed by atoms with Crippen molar-refractivity contribution in [2.45, 2.75) is 18.3 Å². The zero-order valence-corrected chi connectivity index (χ0v) is 36.9. The molecular weight excluding hydrogens is 811 g/mol. The predicted molar refractivity (Wildman–Crippen MR) is 280 cm³/mol. The molecule has 0 radical (unpaired) electrons. The second-order valence-electron chi connectivity index (χ2n) is 17.9. The molecule has 1 aromatic heterocycles. The van der Waals surface area contributed by atoms with Crippen molar-refractivity contribution >= 4 is 49.8 Å². The lowest BCUT2D eigenvalue weighted by molar-refractivity contribution is 0.669. The minimum absolute atomic E-state index is 0.464. The van der Waals surface area contributed by atoms with Gasteiger partial charge in [0.2, 0.25) is 0 Å². The largest absolute Gasteiger partial charge is 0.456 e. The Balaban J connectivity index is 1.05. The van der Waals surface area contributed by atoms with Crippen LogP contribution in [-0.2, 0) is 5.41 Å². The quantitative estimate of drug-likeness (QED) is 0.151. The average molecular weight is 856 g/mol. The van der Waals surface area contributed by atoms with Crippen LogP contribution in [0.3, 0.4) is 0 Å². The third-order valence-electron chi connectivity index (χ3n) is 14.2. The molecule has 1 atom stereocenters. The molecule has 67 heavy (non-hydrogen) atoms. The summed E-state index contributed by atoms with van der Waals surface area (Å²) >= 11 is 0. The zero-order valence-electron chi connectivity index (χ0n) is 36.9. The van der Waals surface area contributed by atoms with Gasteiger partial charge in [-0.25, -0.2) is 0 Å². The molecule has 1 heterocycles. The van der Waals surface area contributed by atoms with Crippen molar-refractivity contribution in [3.63, 3.8) is 0 Å². The van der Waals surface area contributed by atoms with E-state index in [-0.39, 0.29) is 0 Å². The molecule has 0 saturated heterocycles. The Hall–Kier alpha value is -8.46. The third kappa shape index (κ3) is 6.40. The SMILES string of the molecule is C1=CCCC(C2(c3ccccc3)c3ccccc3-c3ccc(N(c4ccc(-c5ccc6oc7ccccc7c6c5)cc4)c4cc(-c5ccc6ccccc6c5)ccc4-c4ccccc4)cc32)=C1. The number of furan rings is 1. The van der Waals surface area contributed by atoms with Gasteiger partial charge in [0.15, 0.2) is 0 Å². The van der Waals surface area contributed by atoms with Crippen LogP contribution in [0.2, 0.25) is 0 Å². The number of nitrogens with zero attached hydrogens (tertiary/aromatic N) is 1. The maximum Gasteiger partial charge on any atom is 0.135 e. The fourth-order valence-electron chi connectivity index (χ4n) is 11.1. The molecule has 0 N–H and O–H groups in total. The summed E-state index contributed by atoms with van der Waals surface area (Å²) in [4.78, 5) is 2.50. The van der Waals surface area contributed by atoms with Crippen molar-refractivity contribution in [1.29, 1.82) is 0 Å². The van der Waals surface area contributed by atoms with Crippen LogP contribution in [0.25, 0.3) is 77.2 Å². The number of hydrogen-bond acceptors (Lipinski definition) is 2. The van der Waals surface area contributed by atoms with Crippen LogP contribution >= 0.6 is 0 Å². The summed E-state index contributed by atoms with van der Waals surface area (Å²) in [5, 5.41) is 4.72. The van der Waals surface area contributed by atoms with E-state index in [0.29, 0.717) is 0 Å². The van der Waals surface area contributed by atoms with E-state index in [1.54, 1.807) is 0 Å². The van der Waals surface area contributed by atoms with Gasteiger partial charge in [-0.05, 0) is 134 Å². The summed E-state index contributed by atoms with van der Waals surface area (Å²) in [5.41, 5.74) is 19.5. The number of para-hydroxylation sites is 1. The van der Waals surface area contributed by atoms with E-state index < -0.39 is 5.41 Å². The van der Waals surface area contributed by atoms with Gasteiger partial charge in [0.1, 0.15) is 11.2 Å². The highest BCUT2D eigenvalue weighted by atomic mass is 16.3. The summed E-state index contributed by atoms with van der Waals surface area (Å²) in [6, 6.07) is 84.8. The average Bonchev–Trinajstić information content (AvgIpc) is 3.93. The van der Waals surface area contributed by atoms with Crippen LogP contribution in [0.15, 0.2) is 259 Å². The van der Waals surface area contributed by atoms with E-state index in [2.05, 4.69) is 242 Å². The second kappa shape index (κ2) is 15.9. The van der Waals surface area contributed by atoms with Gasteiger partial charge in [-0.2, -0.15) is 0 Å². The molecule has 0 fully saturated rings. The molecule has 0 bridgehead atoms. The van der Waals surface area contributed by atoms with Crippen LogP contribution < -0.4 is 4.90 Å². The molecule has 2 aliphatic carbocycles. The van der Waals surface area contributed by atoms with E-state index in [1.165, 1.54) is 49.7 Å². The molecular formula is C65H45NO. The summed E-state index contributed by atoms with van der Waals surface area (Å²) in [6.07, 6.45) is 8.95. The number of benzene rings is 10. The Labute approximate surface area is 391 Å². The Morgan fingerprint density at radius 2 is 1.04 bits per heavy atom. The van der Waals surface area contributed by atoms with E-state index in [1.807, 2.05) is 12.1 Å². The zero-order chi connectivity index (χ0) is 44.3. The minimum Gasteiger partial charge on any atom is -0.456 e. The molecule has 0 aliphatic heterocycles. The first kappa shape index (κ1) is 39.0. The van der Waals surface area contributed by atoms with Gasteiger partial charge in [0.25, 0.3) is 0 Å². The molecule has 0 saturated carbocycles. The first-order valence-electron chi connectivity index (χ1n) is 23.4. The number of allylic oxidation sites excluding steroid dienone is 4. The van der Waals surface area contributed by atoms with Gasteiger partial charge in [0.05, 0.1) is 11.1 Å². The van der Waals surface area contributed by atoms with Crippen molar-refractivity contribution in [1.82, 2.24) is 0 Å². The first-order chi connectivity index (χ1) is 33.2. The number of hydrogen-bond donors (Lipinski definition) is 0. The number of anilines is 3. The lowest BCUT2D eigenvalue weighted by atomic mass is 9.65. The molecule has 1 unspecified atom stereocenters. The van der Waals surface area contributed by atoms with Gasteiger partial charge in [-0.3, -0.25) is 0 Å². The molecule has 11 aromatic rings. The van der Waals surface area contributed by atoms with E-state index in [4.69, 9.17) is 4.42 Å². The highest BCUT2D eigenvalue weighted by Crippen LogP contribution is 2.59. The van der Waals surface area contributed by atoms with E-state index in [9.17, 15) is 0 Å². The fraction of sp³-hybridized carbons (Fsp3) is 0.0462. The highest BCUT2D eigenvalue weighted by Gasteiger charge is 2.47. The van der Waals surface area contributed by atoms with Crippen LogP contribution in [0.1, 0.15) is 29.5 Å². The second-order valence-corrected chi connectivity index (χ2v) is 17.9. The number of fused-ring (bicyclic) bond motifs is 7. The topological polar surface area (TPSA) is 16.4 Å². The summed E-state index contributed by atoms with van der Waals surface area (Å²) in [7, 11) is 0. The monoisotopic (exact) mass is 855 g/mol. The van der Waals surface area contributed by atoms with Crippen molar-refractivity contribution in [3.8, 4) is 44.5 Å². The van der Waals surface area contributed by atoms with Crippen molar-refractivity contribution in [2.75, 3.05) is 4.90 Å². The van der Waals surface area contributed by atoms with Gasteiger partial charge < -0.3 is 9.32 Å². The van der Waals surface area contributed by atoms with E-state index in [0.717, 1.165) is 79.7 Å². The van der Waals surface area contributed by atoms with Crippen LogP contribution in [0.4, 0.5) is 17.1 Å². The Bertz CT molecular complexity index is 3740. The molecule has 2 aliphatic rings. The molecule has 2 nitrogen and oxygen atoms in total. The lowest BCUT2D eigenvalue weighted by Gasteiger charge is -2.37. The lowest BCUT2D eigenvalue weighted by Crippen LogP contribution is -2.30. The van der Waals surface area contributed by atoms with Crippen molar-refractivity contribution < 1.29 is 4.42 Å². The Morgan fingerprint density at radius 3 is 1.90 bits per heavy atom. The standard InChI is InChI=1S/C65H45NO/c1-4-17-46(18-5-1)55-37-32-50(48-29-28-44-16-10-11-19-47(44)40-48)42-62(55)66(53-34-30-45(31-35-53)49-33-39-64-59(41-49)58-25-13-15-27-63(58)67-64)54-36-38-57-56-24-12-14-26-60(56)65(61(57)43-54,51-20-6-2-7-21-51)52-22-8-3-9-23-52/h1-8,10-22,24-43H,9,23H2. The summed E-state index contributed by atoms with van der Waals surface area (Å²) in [5.74, 6) is 0. The highest BCUT2D eigenvalue weighted by molar-refractivity contribution is 6.06. The van der Waals surface area contributed by atoms with Crippen LogP contribution in [0, 0.1) is 0 Å². The fourth-order valence-corrected chi connectivity index (χ4v) is 11.1. The Morgan fingerprint density at radius 1 is 0.403 bits per heavy atom. The minimum atomic E-state index is -0.464. The molecule has 0 spiro atoms. The van der Waals surface area contributed by atoms with Crippen LogP contribution in [0.5, 0.6) is 0 Å². The van der Waals surface area contributed by atoms with Gasteiger partial charge in [-0.1, -0.05) is 200 Å². The maximum absolute atomic E-state index is 6.22. The number of rotatable bonds is 8. The Kier molecular flexibility index (Phi) is 9.25. The first-order valence-corrected chi connectivity index (χ1v) is 23.4. The molecule has 10 aromatic carbocycles. The summed E-state index contributed by atoms with van der Waals surface area (Å²) < 4.78 is 6.22. The third-order valence-corrected chi connectivity index (χ3v) is 14.2. The molecule has 13 rings (SSSR count). The maximum atomic E-state index is 6.22. The van der Waals surface area contributed by atoms with Crippen LogP contribution in [-0.4, -0.2) is 0 Å². The van der Waals surface area contributed by atoms with Crippen molar-refractivity contribution in [2.24, 2.45) is 0 Å².